The number of anilines is 3. The maximum atomic E-state index is 11.9. The van der Waals surface area contributed by atoms with Gasteiger partial charge in [0.25, 0.3) is 5.91 Å². The number of benzene rings is 1. The average molecular weight is 440 g/mol. The van der Waals surface area contributed by atoms with Gasteiger partial charge in [0, 0.05) is 23.4 Å². The van der Waals surface area contributed by atoms with E-state index in [-0.39, 0.29) is 5.70 Å². The molecule has 2 fully saturated rings. The van der Waals surface area contributed by atoms with Crippen molar-refractivity contribution >= 4 is 52.6 Å². The molecule has 0 spiro atoms. The lowest BCUT2D eigenvalue weighted by Gasteiger charge is -2.12. The molecule has 4 N–H and O–H groups in total. The number of halogens is 1. The van der Waals surface area contributed by atoms with Crippen molar-refractivity contribution in [2.75, 3.05) is 17.7 Å². The molecule has 11 heteroatoms. The fraction of sp³-hybridized carbons (Fsp3) is 0.200. The predicted octanol–water partition coefficient (Wildman–Crippen LogP) is 2.89. The van der Waals surface area contributed by atoms with Crippen LogP contribution in [-0.2, 0) is 4.79 Å². The molecule has 0 atom stereocenters. The van der Waals surface area contributed by atoms with E-state index in [2.05, 4.69) is 31.3 Å². The summed E-state index contributed by atoms with van der Waals surface area (Å²) in [4.78, 5) is 28.0. The van der Waals surface area contributed by atoms with E-state index in [0.29, 0.717) is 33.8 Å². The molecule has 1 aromatic carbocycles. The molecule has 3 heterocycles. The number of aromatic nitrogens is 3. The first-order valence-corrected chi connectivity index (χ1v) is 9.98. The molecule has 5 rings (SSSR count). The third-order valence-electron chi connectivity index (χ3n) is 4.87. The van der Waals surface area contributed by atoms with Crippen molar-refractivity contribution in [3.8, 4) is 5.75 Å². The topological polar surface area (TPSA) is 122 Å². The van der Waals surface area contributed by atoms with Crippen LogP contribution in [-0.4, -0.2) is 39.7 Å². The van der Waals surface area contributed by atoms with E-state index in [9.17, 15) is 9.59 Å². The van der Waals surface area contributed by atoms with Crippen LogP contribution in [0.3, 0.4) is 0 Å². The van der Waals surface area contributed by atoms with Crippen LogP contribution in [0.1, 0.15) is 18.4 Å². The fourth-order valence-corrected chi connectivity index (χ4v) is 3.47. The van der Waals surface area contributed by atoms with Crippen molar-refractivity contribution in [2.45, 2.75) is 18.9 Å². The molecule has 1 saturated heterocycles. The Morgan fingerprint density at radius 1 is 1.26 bits per heavy atom. The van der Waals surface area contributed by atoms with Gasteiger partial charge < -0.3 is 20.7 Å². The third kappa shape index (κ3) is 3.84. The number of nitrogens with zero attached hydrogens (tertiary/aromatic N) is 3. The van der Waals surface area contributed by atoms with E-state index in [1.807, 2.05) is 12.1 Å². The summed E-state index contributed by atoms with van der Waals surface area (Å²) in [6, 6.07) is 7.04. The van der Waals surface area contributed by atoms with Crippen LogP contribution < -0.4 is 26.0 Å². The quantitative estimate of drug-likeness (QED) is 0.344. The van der Waals surface area contributed by atoms with Gasteiger partial charge in [-0.2, -0.15) is 9.61 Å². The van der Waals surface area contributed by atoms with Crippen molar-refractivity contribution < 1.29 is 14.3 Å². The number of nitrogens with one attached hydrogen (secondary N) is 4. The molecule has 0 radical (unpaired) electrons. The summed E-state index contributed by atoms with van der Waals surface area (Å²) in [5, 5.41) is 16.2. The first kappa shape index (κ1) is 19.2. The molecule has 3 aromatic rings. The predicted molar refractivity (Wildman–Crippen MR) is 116 cm³/mol. The van der Waals surface area contributed by atoms with E-state index in [0.717, 1.165) is 24.3 Å². The monoisotopic (exact) mass is 439 g/mol. The number of fused-ring (bicyclic) bond motifs is 1. The van der Waals surface area contributed by atoms with Crippen molar-refractivity contribution in [1.29, 1.82) is 0 Å². The van der Waals surface area contributed by atoms with Crippen molar-refractivity contribution in [1.82, 2.24) is 25.2 Å². The van der Waals surface area contributed by atoms with Gasteiger partial charge in [-0.25, -0.2) is 9.78 Å². The summed E-state index contributed by atoms with van der Waals surface area (Å²) in [5.74, 6) is 1.41. The van der Waals surface area contributed by atoms with E-state index >= 15 is 0 Å². The van der Waals surface area contributed by atoms with E-state index in [1.54, 1.807) is 36.0 Å². The highest BCUT2D eigenvalue weighted by molar-refractivity contribution is 6.32. The molecule has 1 aliphatic carbocycles. The van der Waals surface area contributed by atoms with Crippen molar-refractivity contribution in [3.63, 3.8) is 0 Å². The lowest BCUT2D eigenvalue weighted by atomic mass is 10.2. The SMILES string of the molecule is COc1ccc(Nc2cc(NC3CC3)n3ncc(/C=C4\NC(=O)NC4=O)c3n2)cc1Cl. The smallest absolute Gasteiger partial charge is 0.326 e. The Morgan fingerprint density at radius 3 is 2.77 bits per heavy atom. The largest absolute Gasteiger partial charge is 0.495 e. The van der Waals surface area contributed by atoms with Crippen LogP contribution in [0.5, 0.6) is 5.75 Å². The first-order valence-electron chi connectivity index (χ1n) is 9.60. The van der Waals surface area contributed by atoms with Crippen LogP contribution in [0.2, 0.25) is 5.02 Å². The number of hydrogen-bond acceptors (Lipinski definition) is 7. The highest BCUT2D eigenvalue weighted by Gasteiger charge is 2.25. The Morgan fingerprint density at radius 2 is 2.10 bits per heavy atom. The third-order valence-corrected chi connectivity index (χ3v) is 5.17. The molecule has 2 aromatic heterocycles. The zero-order chi connectivity index (χ0) is 21.5. The average Bonchev–Trinajstić information content (AvgIpc) is 3.37. The number of carbonyl (C=O) groups is 2. The fourth-order valence-electron chi connectivity index (χ4n) is 3.22. The van der Waals surface area contributed by atoms with Crippen LogP contribution >= 0.6 is 11.6 Å². The molecular weight excluding hydrogens is 422 g/mol. The molecular formula is C20H18ClN7O3. The van der Waals surface area contributed by atoms with Crippen molar-refractivity contribution in [2.24, 2.45) is 0 Å². The highest BCUT2D eigenvalue weighted by atomic mass is 35.5. The molecule has 1 aliphatic heterocycles. The second-order valence-electron chi connectivity index (χ2n) is 7.22. The molecule has 10 nitrogen and oxygen atoms in total. The van der Waals surface area contributed by atoms with E-state index < -0.39 is 11.9 Å². The maximum absolute atomic E-state index is 11.9. The number of methoxy groups -OCH3 is 1. The minimum absolute atomic E-state index is 0.138. The summed E-state index contributed by atoms with van der Waals surface area (Å²) >= 11 is 6.24. The summed E-state index contributed by atoms with van der Waals surface area (Å²) in [5.41, 5.74) is 1.98. The van der Waals surface area contributed by atoms with E-state index in [1.165, 1.54) is 0 Å². The molecule has 1 saturated carbocycles. The molecule has 0 bridgehead atoms. The number of hydrogen-bond donors (Lipinski definition) is 4. The Bertz CT molecular complexity index is 1250. The molecule has 31 heavy (non-hydrogen) atoms. The van der Waals surface area contributed by atoms with Crippen LogP contribution in [0, 0.1) is 0 Å². The van der Waals surface area contributed by atoms with Gasteiger partial charge in [-0.15, -0.1) is 0 Å². The zero-order valence-electron chi connectivity index (χ0n) is 16.4. The zero-order valence-corrected chi connectivity index (χ0v) is 17.2. The highest BCUT2D eigenvalue weighted by Crippen LogP contribution is 2.31. The minimum atomic E-state index is -0.560. The first-order chi connectivity index (χ1) is 15.0. The summed E-state index contributed by atoms with van der Waals surface area (Å²) in [6.07, 6.45) is 5.32. The van der Waals surface area contributed by atoms with Gasteiger partial charge in [0.15, 0.2) is 5.65 Å². The number of carbonyl (C=O) groups excluding carboxylic acids is 2. The molecule has 2 aliphatic rings. The summed E-state index contributed by atoms with van der Waals surface area (Å²) in [7, 11) is 1.56. The molecule has 3 amide bonds. The Balaban J connectivity index is 1.55. The summed E-state index contributed by atoms with van der Waals surface area (Å²) in [6.45, 7) is 0. The van der Waals surface area contributed by atoms with Crippen LogP contribution in [0.25, 0.3) is 11.7 Å². The normalized spacial score (nSPS) is 17.0. The van der Waals surface area contributed by atoms with Crippen molar-refractivity contribution in [3.05, 3.63) is 46.7 Å². The van der Waals surface area contributed by atoms with Crippen LogP contribution in [0.4, 0.5) is 22.1 Å². The number of amides is 3. The van der Waals surface area contributed by atoms with Gasteiger partial charge in [-0.05, 0) is 37.1 Å². The number of imide groups is 1. The number of ether oxygens (including phenoxy) is 1. The van der Waals surface area contributed by atoms with Gasteiger partial charge >= 0.3 is 6.03 Å². The van der Waals surface area contributed by atoms with E-state index in [4.69, 9.17) is 16.3 Å². The maximum Gasteiger partial charge on any atom is 0.326 e. The van der Waals surface area contributed by atoms with Gasteiger partial charge in [0.1, 0.15) is 23.1 Å². The standard InChI is InChI=1S/C20H18ClN7O3/c1-31-15-5-4-12(7-13(15)21)23-16-8-17(24-11-2-3-11)28-18(26-16)10(9-22-28)6-14-19(29)27-20(30)25-14/h4-9,11,24H,2-3H2,1H3,(H,23,26)(H2,25,27,29,30)/b14-6-. The summed E-state index contributed by atoms with van der Waals surface area (Å²) < 4.78 is 6.87. The van der Waals surface area contributed by atoms with Gasteiger partial charge in [0.2, 0.25) is 0 Å². The van der Waals surface area contributed by atoms with Gasteiger partial charge in [0.05, 0.1) is 18.3 Å². The van der Waals surface area contributed by atoms with Gasteiger partial charge in [-0.3, -0.25) is 10.1 Å². The molecule has 158 valence electrons. The molecule has 0 unspecified atom stereocenters. The lowest BCUT2D eigenvalue weighted by molar-refractivity contribution is -0.115. The number of rotatable bonds is 6. The minimum Gasteiger partial charge on any atom is -0.495 e. The Hall–Kier alpha value is -3.79. The second kappa shape index (κ2) is 7.47. The van der Waals surface area contributed by atoms with Crippen LogP contribution in [0.15, 0.2) is 36.2 Å². The Kier molecular flexibility index (Phi) is 4.63. The second-order valence-corrected chi connectivity index (χ2v) is 7.63. The lowest BCUT2D eigenvalue weighted by Crippen LogP contribution is -2.22. The Labute approximate surface area is 181 Å². The number of urea groups is 1. The van der Waals surface area contributed by atoms with Gasteiger partial charge in [-0.1, -0.05) is 11.6 Å².